The van der Waals surface area contributed by atoms with Crippen LogP contribution in [0.2, 0.25) is 0 Å². The summed E-state index contributed by atoms with van der Waals surface area (Å²) >= 11 is 0. The van der Waals surface area contributed by atoms with Gasteiger partial charge in [0.2, 0.25) is 0 Å². The van der Waals surface area contributed by atoms with Gasteiger partial charge in [0.15, 0.2) is 13.2 Å². The second kappa shape index (κ2) is 7.22. The van der Waals surface area contributed by atoms with Crippen LogP contribution in [0.3, 0.4) is 0 Å². The third-order valence-corrected chi connectivity index (χ3v) is 4.60. The van der Waals surface area contributed by atoms with Crippen LogP contribution in [0.25, 0.3) is 16.1 Å². The molecule has 1 aliphatic rings. The Labute approximate surface area is 162 Å². The summed E-state index contributed by atoms with van der Waals surface area (Å²) in [5, 5.41) is 12.2. The van der Waals surface area contributed by atoms with E-state index in [-0.39, 0.29) is 0 Å². The first kappa shape index (κ1) is 17.3. The number of benzene rings is 2. The maximum absolute atomic E-state index is 9.35. The number of hydrogen-bond donors (Lipinski definition) is 1. The average Bonchev–Trinajstić information content (AvgIpc) is 3.23. The lowest BCUT2D eigenvalue weighted by Crippen LogP contribution is -2.06. The van der Waals surface area contributed by atoms with Crippen LogP contribution < -0.4 is 5.32 Å². The fraction of sp³-hybridized carbons (Fsp3) is 0.0909. The highest BCUT2D eigenvalue weighted by Crippen LogP contribution is 2.39. The van der Waals surface area contributed by atoms with Crippen LogP contribution in [-0.2, 0) is 7.05 Å². The summed E-state index contributed by atoms with van der Waals surface area (Å²) in [6, 6.07) is 19.9. The van der Waals surface area contributed by atoms with Gasteiger partial charge in [-0.2, -0.15) is 5.26 Å². The van der Waals surface area contributed by atoms with Gasteiger partial charge in [-0.3, -0.25) is 5.32 Å². The van der Waals surface area contributed by atoms with Gasteiger partial charge >= 0.3 is 6.19 Å². The van der Waals surface area contributed by atoms with Crippen LogP contribution in [0, 0.1) is 17.6 Å². The van der Waals surface area contributed by atoms with Gasteiger partial charge in [0.25, 0.3) is 5.84 Å². The Morgan fingerprint density at radius 1 is 1.00 bits per heavy atom. The molecule has 0 radical (unpaired) electrons. The highest BCUT2D eigenvalue weighted by atomic mass is 15.1. The molecule has 0 atom stereocenters. The van der Waals surface area contributed by atoms with E-state index in [2.05, 4.69) is 21.3 Å². The largest absolute Gasteiger partial charge is 0.424 e. The maximum atomic E-state index is 9.35. The Bertz CT molecular complexity index is 1200. The van der Waals surface area contributed by atoms with Gasteiger partial charge in [0.1, 0.15) is 5.82 Å². The molecular weight excluding hydrogens is 348 g/mol. The van der Waals surface area contributed by atoms with Crippen molar-refractivity contribution in [2.45, 2.75) is 0 Å². The molecule has 0 spiro atoms. The quantitative estimate of drug-likeness (QED) is 0.561. The van der Waals surface area contributed by atoms with Crippen LogP contribution in [0.4, 0.5) is 5.82 Å². The van der Waals surface area contributed by atoms with E-state index in [1.54, 1.807) is 7.05 Å². The molecule has 28 heavy (non-hydrogen) atoms. The van der Waals surface area contributed by atoms with Crippen molar-refractivity contribution < 1.29 is 0 Å². The van der Waals surface area contributed by atoms with Crippen molar-refractivity contribution in [3.8, 4) is 23.6 Å². The van der Waals surface area contributed by atoms with Crippen molar-refractivity contribution in [2.75, 3.05) is 12.4 Å². The number of rotatable bonds is 3. The van der Waals surface area contributed by atoms with Crippen LogP contribution >= 0.6 is 0 Å². The van der Waals surface area contributed by atoms with E-state index < -0.39 is 0 Å². The van der Waals surface area contributed by atoms with Crippen molar-refractivity contribution in [2.24, 2.45) is 17.0 Å². The lowest BCUT2D eigenvalue weighted by atomic mass is 10.00. The normalized spacial score (nSPS) is 13.3. The van der Waals surface area contributed by atoms with Crippen LogP contribution in [0.1, 0.15) is 16.7 Å². The average molecular weight is 365 g/mol. The summed E-state index contributed by atoms with van der Waals surface area (Å²) in [7, 11) is 3.55. The Morgan fingerprint density at radius 2 is 1.64 bits per heavy atom. The number of nitrogens with zero attached hydrogens (tertiary/aromatic N) is 5. The number of aliphatic imine (C=N–C) groups is 2. The second-order valence-corrected chi connectivity index (χ2v) is 6.19. The smallest absolute Gasteiger partial charge is 0.329 e. The van der Waals surface area contributed by atoms with Crippen molar-refractivity contribution in [1.29, 1.82) is 5.26 Å². The summed E-state index contributed by atoms with van der Waals surface area (Å²) in [5.41, 5.74) is 5.38. The number of aromatic nitrogens is 1. The highest BCUT2D eigenvalue weighted by molar-refractivity contribution is 6.33. The Hall–Kier alpha value is -4.16. The molecule has 0 saturated carbocycles. The van der Waals surface area contributed by atoms with Crippen LogP contribution in [0.5, 0.6) is 0 Å². The summed E-state index contributed by atoms with van der Waals surface area (Å²) in [5.74, 6) is 1.21. The van der Waals surface area contributed by atoms with Crippen molar-refractivity contribution >= 4 is 17.4 Å². The molecule has 134 valence electrons. The molecule has 0 fully saturated rings. The minimum absolute atomic E-state index is 0.528. The van der Waals surface area contributed by atoms with Gasteiger partial charge in [-0.25, -0.2) is 9.84 Å². The summed E-state index contributed by atoms with van der Waals surface area (Å²) < 4.78 is 1.97. The zero-order valence-electron chi connectivity index (χ0n) is 15.5. The van der Waals surface area contributed by atoms with Crippen LogP contribution in [-0.4, -0.2) is 23.2 Å². The summed E-state index contributed by atoms with van der Waals surface area (Å²) in [6.07, 6.45) is 4.70. The number of nitriles is 1. The molecule has 1 N–H and O–H groups in total. The first-order valence-electron chi connectivity index (χ1n) is 8.75. The molecule has 0 saturated heterocycles. The van der Waals surface area contributed by atoms with E-state index in [4.69, 9.17) is 4.99 Å². The first-order chi connectivity index (χ1) is 13.8. The van der Waals surface area contributed by atoms with E-state index in [1.807, 2.05) is 78.5 Å². The molecule has 0 aliphatic carbocycles. The van der Waals surface area contributed by atoms with Gasteiger partial charge in [-0.15, -0.1) is 0 Å². The van der Waals surface area contributed by atoms with Gasteiger partial charge in [-0.1, -0.05) is 60.7 Å². The highest BCUT2D eigenvalue weighted by Gasteiger charge is 2.36. The minimum Gasteiger partial charge on any atom is -0.329 e. The summed E-state index contributed by atoms with van der Waals surface area (Å²) in [6.45, 7) is 0. The topological polar surface area (TPSA) is 69.8 Å². The zero-order chi connectivity index (χ0) is 19.5. The van der Waals surface area contributed by atoms with Crippen molar-refractivity contribution in [3.05, 3.63) is 82.2 Å². The molecule has 4 rings (SSSR count). The molecule has 1 aromatic heterocycles. The first-order valence-corrected chi connectivity index (χ1v) is 8.75. The lowest BCUT2D eigenvalue weighted by Gasteiger charge is -2.09. The summed E-state index contributed by atoms with van der Waals surface area (Å²) in [4.78, 5) is 13.0. The van der Waals surface area contributed by atoms with Gasteiger partial charge in [-0.05, 0) is 5.56 Å². The standard InChI is InChI=1S/C22H16N6/c1-24-14-26-21-18-17(19(27-21)15-9-5-3-6-10-15)22(25-13-23)28(2)20(18)16-11-7-4-8-12-16/h3-12H,1-2H3/p+1. The Kier molecular flexibility index (Phi) is 4.45. The fourth-order valence-corrected chi connectivity index (χ4v) is 3.47. The number of anilines is 1. The molecule has 2 aromatic carbocycles. The van der Waals surface area contributed by atoms with E-state index in [0.717, 1.165) is 33.7 Å². The molecule has 6 nitrogen and oxygen atoms in total. The third-order valence-electron chi connectivity index (χ3n) is 4.60. The number of nitrogens with one attached hydrogen (secondary N) is 1. The Morgan fingerprint density at radius 3 is 2.25 bits per heavy atom. The molecule has 2 heterocycles. The number of amidine groups is 1. The van der Waals surface area contributed by atoms with Crippen LogP contribution in [0.15, 0.2) is 70.6 Å². The van der Waals surface area contributed by atoms with E-state index in [9.17, 15) is 5.26 Å². The molecule has 6 heteroatoms. The van der Waals surface area contributed by atoms with Crippen molar-refractivity contribution in [1.82, 2.24) is 4.57 Å². The molecule has 3 aromatic rings. The molecular formula is C22H17N6+. The van der Waals surface area contributed by atoms with E-state index in [0.29, 0.717) is 11.7 Å². The van der Waals surface area contributed by atoms with E-state index >= 15 is 0 Å². The zero-order valence-corrected chi connectivity index (χ0v) is 15.5. The molecule has 0 amide bonds. The predicted molar refractivity (Wildman–Crippen MR) is 112 cm³/mol. The monoisotopic (exact) mass is 365 g/mol. The molecule has 0 bridgehead atoms. The minimum atomic E-state index is 0.528. The fourth-order valence-electron chi connectivity index (χ4n) is 3.47. The van der Waals surface area contributed by atoms with Gasteiger partial charge in [0, 0.05) is 17.6 Å². The molecule has 1 aliphatic heterocycles. The predicted octanol–water partition coefficient (Wildman–Crippen LogP) is 4.10. The van der Waals surface area contributed by atoms with Gasteiger partial charge < -0.3 is 4.57 Å². The van der Waals surface area contributed by atoms with Gasteiger partial charge in [0.05, 0.1) is 22.5 Å². The SMILES string of the molecule is C[N+]#CN=C1N=C(c2ccccc2)c2c1c(-c1ccccc1)n(C)c2NC#N. The van der Waals surface area contributed by atoms with E-state index in [1.165, 1.54) is 0 Å². The second-order valence-electron chi connectivity index (χ2n) is 6.19. The van der Waals surface area contributed by atoms with Crippen molar-refractivity contribution in [3.63, 3.8) is 0 Å². The number of hydrogen-bond acceptors (Lipinski definition) is 3. The molecule has 0 unspecified atom stereocenters. The number of fused-ring (bicyclic) bond motifs is 1. The lowest BCUT2D eigenvalue weighted by molar-refractivity contribution is 0.943. The third kappa shape index (κ3) is 2.74. The maximum Gasteiger partial charge on any atom is 0.424 e. The Balaban J connectivity index is 2.07.